The Bertz CT molecular complexity index is 1520. The van der Waals surface area contributed by atoms with E-state index in [4.69, 9.17) is 20.8 Å². The standard InChI is InChI=1S/C26H19ClN4O4/c1-34-19-8-9-22-20(11-19)21(15-31(22)14-16-4-6-18(27)7-5-16)24(32)25(33)30-26-29-13-23(35-26)17-3-2-10-28-12-17/h2-13,15H,14H2,1H3,(H,29,30,33). The second-order valence-electron chi connectivity index (χ2n) is 7.73. The average Bonchev–Trinajstić information content (AvgIpc) is 3.50. The van der Waals surface area contributed by atoms with E-state index in [0.29, 0.717) is 34.0 Å². The molecule has 0 atom stereocenters. The van der Waals surface area contributed by atoms with E-state index in [-0.39, 0.29) is 11.6 Å². The monoisotopic (exact) mass is 486 g/mol. The average molecular weight is 487 g/mol. The predicted octanol–water partition coefficient (Wildman–Crippen LogP) is 5.22. The molecule has 0 aliphatic heterocycles. The number of Topliss-reactive ketones (excluding diaryl/α,β-unsaturated/α-hetero) is 1. The number of pyridine rings is 1. The highest BCUT2D eigenvalue weighted by Crippen LogP contribution is 2.28. The Morgan fingerprint density at radius 3 is 2.69 bits per heavy atom. The summed E-state index contributed by atoms with van der Waals surface area (Å²) in [6, 6.07) is 16.3. The Labute approximate surface area is 205 Å². The van der Waals surface area contributed by atoms with Gasteiger partial charge in [0.2, 0.25) is 0 Å². The van der Waals surface area contributed by atoms with Crippen molar-refractivity contribution in [1.29, 1.82) is 0 Å². The van der Waals surface area contributed by atoms with E-state index in [2.05, 4.69) is 15.3 Å². The summed E-state index contributed by atoms with van der Waals surface area (Å²) in [7, 11) is 1.54. The lowest BCUT2D eigenvalue weighted by Gasteiger charge is -2.06. The van der Waals surface area contributed by atoms with E-state index in [1.807, 2.05) is 28.8 Å². The maximum absolute atomic E-state index is 13.2. The molecule has 1 amide bonds. The second kappa shape index (κ2) is 9.44. The van der Waals surface area contributed by atoms with Crippen molar-refractivity contribution in [2.75, 3.05) is 12.4 Å². The lowest BCUT2D eigenvalue weighted by atomic mass is 10.1. The number of amides is 1. The van der Waals surface area contributed by atoms with Crippen molar-refractivity contribution in [1.82, 2.24) is 14.5 Å². The van der Waals surface area contributed by atoms with Crippen LogP contribution in [-0.4, -0.2) is 33.3 Å². The summed E-state index contributed by atoms with van der Waals surface area (Å²) in [6.07, 6.45) is 6.37. The normalized spacial score (nSPS) is 10.9. The number of carbonyl (C=O) groups excluding carboxylic acids is 2. The van der Waals surface area contributed by atoms with Crippen molar-refractivity contribution >= 4 is 40.2 Å². The van der Waals surface area contributed by atoms with Crippen molar-refractivity contribution in [3.8, 4) is 17.1 Å². The lowest BCUT2D eigenvalue weighted by Crippen LogP contribution is -2.22. The fraction of sp³-hybridized carbons (Fsp3) is 0.0769. The number of hydrogen-bond donors (Lipinski definition) is 1. The summed E-state index contributed by atoms with van der Waals surface area (Å²) in [6.45, 7) is 0.489. The van der Waals surface area contributed by atoms with Crippen LogP contribution in [-0.2, 0) is 11.3 Å². The van der Waals surface area contributed by atoms with Gasteiger partial charge in [-0.1, -0.05) is 23.7 Å². The van der Waals surface area contributed by atoms with Crippen LogP contribution in [0.3, 0.4) is 0 Å². The number of ether oxygens (including phenoxy) is 1. The highest BCUT2D eigenvalue weighted by Gasteiger charge is 2.24. The minimum atomic E-state index is -0.863. The highest BCUT2D eigenvalue weighted by molar-refractivity contribution is 6.48. The Morgan fingerprint density at radius 2 is 1.94 bits per heavy atom. The van der Waals surface area contributed by atoms with Crippen LogP contribution < -0.4 is 10.1 Å². The first-order valence-electron chi connectivity index (χ1n) is 10.6. The molecule has 0 radical (unpaired) electrons. The van der Waals surface area contributed by atoms with Crippen LogP contribution in [0.1, 0.15) is 15.9 Å². The van der Waals surface area contributed by atoms with Crippen LogP contribution in [0.25, 0.3) is 22.2 Å². The fourth-order valence-corrected chi connectivity index (χ4v) is 3.88. The molecule has 5 rings (SSSR count). The van der Waals surface area contributed by atoms with Gasteiger partial charge in [-0.25, -0.2) is 4.98 Å². The molecule has 2 aromatic carbocycles. The molecule has 0 aliphatic carbocycles. The van der Waals surface area contributed by atoms with Crippen molar-refractivity contribution in [3.63, 3.8) is 0 Å². The van der Waals surface area contributed by atoms with Gasteiger partial charge < -0.3 is 13.7 Å². The molecule has 9 heteroatoms. The number of carbonyl (C=O) groups is 2. The molecule has 0 fully saturated rings. The minimum absolute atomic E-state index is 0.0790. The third-order valence-electron chi connectivity index (χ3n) is 5.48. The molecule has 0 spiro atoms. The quantitative estimate of drug-likeness (QED) is 0.250. The van der Waals surface area contributed by atoms with Crippen LogP contribution >= 0.6 is 11.6 Å². The van der Waals surface area contributed by atoms with Crippen LogP contribution in [0.5, 0.6) is 5.75 Å². The Kier molecular flexibility index (Phi) is 6.03. The van der Waals surface area contributed by atoms with Gasteiger partial charge in [0.05, 0.1) is 18.9 Å². The van der Waals surface area contributed by atoms with Gasteiger partial charge in [-0.05, 0) is 48.0 Å². The van der Waals surface area contributed by atoms with Crippen molar-refractivity contribution in [2.24, 2.45) is 0 Å². The summed E-state index contributed by atoms with van der Waals surface area (Å²) in [5.41, 5.74) is 2.72. The summed E-state index contributed by atoms with van der Waals surface area (Å²) >= 11 is 6.00. The third-order valence-corrected chi connectivity index (χ3v) is 5.73. The number of halogens is 1. The Morgan fingerprint density at radius 1 is 1.11 bits per heavy atom. The number of methoxy groups -OCH3 is 1. The first-order chi connectivity index (χ1) is 17.0. The number of benzene rings is 2. The number of anilines is 1. The van der Waals surface area contributed by atoms with Crippen LogP contribution in [0.4, 0.5) is 6.01 Å². The summed E-state index contributed by atoms with van der Waals surface area (Å²) in [4.78, 5) is 34.1. The molecule has 1 N–H and O–H groups in total. The summed E-state index contributed by atoms with van der Waals surface area (Å²) < 4.78 is 12.8. The molecule has 174 valence electrons. The zero-order valence-corrected chi connectivity index (χ0v) is 19.3. The maximum Gasteiger partial charge on any atom is 0.302 e. The summed E-state index contributed by atoms with van der Waals surface area (Å²) in [5.74, 6) is -0.590. The van der Waals surface area contributed by atoms with E-state index >= 15 is 0 Å². The summed E-state index contributed by atoms with van der Waals surface area (Å²) in [5, 5.41) is 3.69. The lowest BCUT2D eigenvalue weighted by molar-refractivity contribution is -0.112. The van der Waals surface area contributed by atoms with E-state index in [1.54, 1.807) is 56.0 Å². The minimum Gasteiger partial charge on any atom is -0.497 e. The van der Waals surface area contributed by atoms with Crippen molar-refractivity contribution < 1.29 is 18.7 Å². The fourth-order valence-electron chi connectivity index (χ4n) is 3.75. The van der Waals surface area contributed by atoms with Crippen molar-refractivity contribution in [3.05, 3.63) is 95.5 Å². The number of nitrogens with one attached hydrogen (secondary N) is 1. The predicted molar refractivity (Wildman–Crippen MR) is 132 cm³/mol. The first kappa shape index (κ1) is 22.4. The van der Waals surface area contributed by atoms with E-state index < -0.39 is 11.7 Å². The molecule has 3 heterocycles. The molecular weight excluding hydrogens is 468 g/mol. The SMILES string of the molecule is COc1ccc2c(c1)c(C(=O)C(=O)Nc1ncc(-c3cccnc3)o1)cn2Cc1ccc(Cl)cc1. The maximum atomic E-state index is 13.2. The van der Waals surface area contributed by atoms with E-state index in [9.17, 15) is 9.59 Å². The topological polar surface area (TPSA) is 99.2 Å². The van der Waals surface area contributed by atoms with Gasteiger partial charge in [0.25, 0.3) is 11.7 Å². The zero-order valence-electron chi connectivity index (χ0n) is 18.6. The number of rotatable bonds is 7. The first-order valence-corrected chi connectivity index (χ1v) is 11.0. The number of aromatic nitrogens is 3. The molecule has 0 unspecified atom stereocenters. The van der Waals surface area contributed by atoms with Gasteiger partial charge in [-0.2, -0.15) is 0 Å². The van der Waals surface area contributed by atoms with Gasteiger partial charge in [0.15, 0.2) is 5.76 Å². The molecule has 35 heavy (non-hydrogen) atoms. The molecule has 0 aliphatic rings. The Hall–Kier alpha value is -4.43. The van der Waals surface area contributed by atoms with E-state index in [0.717, 1.165) is 11.1 Å². The van der Waals surface area contributed by atoms with Gasteiger partial charge in [-0.3, -0.25) is 19.9 Å². The molecule has 0 saturated heterocycles. The number of fused-ring (bicyclic) bond motifs is 1. The van der Waals surface area contributed by atoms with Gasteiger partial charge in [-0.15, -0.1) is 0 Å². The Balaban J connectivity index is 1.44. The number of nitrogens with zero attached hydrogens (tertiary/aromatic N) is 3. The van der Waals surface area contributed by atoms with Crippen molar-refractivity contribution in [2.45, 2.75) is 6.54 Å². The highest BCUT2D eigenvalue weighted by atomic mass is 35.5. The van der Waals surface area contributed by atoms with E-state index in [1.165, 1.54) is 6.20 Å². The van der Waals surface area contributed by atoms with Gasteiger partial charge in [0.1, 0.15) is 5.75 Å². The molecule has 3 aromatic heterocycles. The van der Waals surface area contributed by atoms with Crippen LogP contribution in [0.2, 0.25) is 5.02 Å². The smallest absolute Gasteiger partial charge is 0.302 e. The van der Waals surface area contributed by atoms with Gasteiger partial charge in [0, 0.05) is 46.6 Å². The molecular formula is C26H19ClN4O4. The second-order valence-corrected chi connectivity index (χ2v) is 8.17. The molecule has 5 aromatic rings. The third kappa shape index (κ3) is 4.64. The number of oxazole rings is 1. The number of ketones is 1. The number of hydrogen-bond acceptors (Lipinski definition) is 6. The van der Waals surface area contributed by atoms with Crippen LogP contribution in [0.15, 0.2) is 83.8 Å². The van der Waals surface area contributed by atoms with Crippen LogP contribution in [0, 0.1) is 0 Å². The molecule has 0 bridgehead atoms. The largest absolute Gasteiger partial charge is 0.497 e. The van der Waals surface area contributed by atoms with Gasteiger partial charge >= 0.3 is 6.01 Å². The zero-order chi connectivity index (χ0) is 24.4. The molecule has 0 saturated carbocycles. The molecule has 8 nitrogen and oxygen atoms in total.